The van der Waals surface area contributed by atoms with E-state index in [0.717, 1.165) is 11.3 Å². The Morgan fingerprint density at radius 1 is 1.55 bits per heavy atom. The summed E-state index contributed by atoms with van der Waals surface area (Å²) in [5, 5.41) is 2.80. The van der Waals surface area contributed by atoms with E-state index < -0.39 is 0 Å². The molecule has 11 heavy (non-hydrogen) atoms. The molecule has 0 rings (SSSR count). The van der Waals surface area contributed by atoms with Gasteiger partial charge < -0.3 is 11.1 Å². The summed E-state index contributed by atoms with van der Waals surface area (Å²) in [5.74, 6) is 0.600. The maximum Gasteiger partial charge on any atom is 0.105 e. The van der Waals surface area contributed by atoms with Crippen LogP contribution >= 0.6 is 0 Å². The Kier molecular flexibility index (Phi) is 4.03. The van der Waals surface area contributed by atoms with Crippen molar-refractivity contribution >= 4 is 5.71 Å². The number of nitrogens with one attached hydrogen (secondary N) is 1. The predicted octanol–water partition coefficient (Wildman–Crippen LogP) is 1.00. The van der Waals surface area contributed by atoms with Gasteiger partial charge in [-0.2, -0.15) is 0 Å². The van der Waals surface area contributed by atoms with Crippen molar-refractivity contribution in [2.75, 3.05) is 7.05 Å². The minimum absolute atomic E-state index is 0.600. The van der Waals surface area contributed by atoms with Crippen LogP contribution in [0.25, 0.3) is 0 Å². The van der Waals surface area contributed by atoms with E-state index in [1.54, 1.807) is 13.2 Å². The Hall–Kier alpha value is -1.25. The van der Waals surface area contributed by atoms with Gasteiger partial charge in [0.05, 0.1) is 0 Å². The number of allylic oxidation sites excluding steroid dienone is 1. The SMILES string of the molecule is C=CN/C(N)=C(C)/C(C)=N/C. The quantitative estimate of drug-likeness (QED) is 0.594. The number of nitrogens with zero attached hydrogens (tertiary/aromatic N) is 1. The highest BCUT2D eigenvalue weighted by Gasteiger charge is 1.97. The second-order valence-corrected chi connectivity index (χ2v) is 2.20. The maximum atomic E-state index is 5.62. The molecule has 0 bridgehead atoms. The summed E-state index contributed by atoms with van der Waals surface area (Å²) < 4.78 is 0. The molecular formula is C8H15N3. The van der Waals surface area contributed by atoms with Crippen molar-refractivity contribution < 1.29 is 0 Å². The zero-order chi connectivity index (χ0) is 8.85. The zero-order valence-electron chi connectivity index (χ0n) is 7.31. The molecule has 3 nitrogen and oxygen atoms in total. The molecule has 0 aliphatic rings. The second kappa shape index (κ2) is 4.55. The third-order valence-corrected chi connectivity index (χ3v) is 1.54. The predicted molar refractivity (Wildman–Crippen MR) is 49.3 cm³/mol. The van der Waals surface area contributed by atoms with E-state index in [-0.39, 0.29) is 0 Å². The summed E-state index contributed by atoms with van der Waals surface area (Å²) in [6.45, 7) is 7.32. The summed E-state index contributed by atoms with van der Waals surface area (Å²) in [6, 6.07) is 0. The summed E-state index contributed by atoms with van der Waals surface area (Å²) in [6.07, 6.45) is 1.54. The van der Waals surface area contributed by atoms with Crippen LogP contribution in [0.3, 0.4) is 0 Å². The Morgan fingerprint density at radius 3 is 2.45 bits per heavy atom. The van der Waals surface area contributed by atoms with Crippen molar-refractivity contribution in [3.05, 3.63) is 24.2 Å². The molecule has 0 radical (unpaired) electrons. The van der Waals surface area contributed by atoms with E-state index in [1.807, 2.05) is 13.8 Å². The molecule has 0 unspecified atom stereocenters. The molecule has 62 valence electrons. The van der Waals surface area contributed by atoms with Gasteiger partial charge in [0.2, 0.25) is 0 Å². The van der Waals surface area contributed by atoms with Crippen molar-refractivity contribution in [3.8, 4) is 0 Å². The third kappa shape index (κ3) is 2.89. The van der Waals surface area contributed by atoms with Crippen LogP contribution in [0.4, 0.5) is 0 Å². The largest absolute Gasteiger partial charge is 0.385 e. The van der Waals surface area contributed by atoms with E-state index in [9.17, 15) is 0 Å². The molecule has 0 aliphatic carbocycles. The fraction of sp³-hybridized carbons (Fsp3) is 0.375. The molecule has 0 saturated carbocycles. The first-order valence-corrected chi connectivity index (χ1v) is 3.41. The molecule has 0 aromatic rings. The summed E-state index contributed by atoms with van der Waals surface area (Å²) >= 11 is 0. The molecule has 3 heteroatoms. The van der Waals surface area contributed by atoms with E-state index in [2.05, 4.69) is 16.9 Å². The molecule has 0 saturated heterocycles. The number of rotatable bonds is 3. The number of hydrogen-bond acceptors (Lipinski definition) is 3. The monoisotopic (exact) mass is 153 g/mol. The van der Waals surface area contributed by atoms with Gasteiger partial charge in [-0.05, 0) is 20.0 Å². The molecule has 0 atom stereocenters. The molecule has 0 spiro atoms. The summed E-state index contributed by atoms with van der Waals surface area (Å²) in [5.41, 5.74) is 7.50. The lowest BCUT2D eigenvalue weighted by molar-refractivity contribution is 1.01. The van der Waals surface area contributed by atoms with Crippen LogP contribution in [0.2, 0.25) is 0 Å². The lowest BCUT2D eigenvalue weighted by atomic mass is 10.2. The van der Waals surface area contributed by atoms with Crippen molar-refractivity contribution in [1.29, 1.82) is 0 Å². The van der Waals surface area contributed by atoms with E-state index in [4.69, 9.17) is 5.73 Å². The highest BCUT2D eigenvalue weighted by atomic mass is 15.0. The van der Waals surface area contributed by atoms with Crippen molar-refractivity contribution in [2.45, 2.75) is 13.8 Å². The highest BCUT2D eigenvalue weighted by molar-refractivity contribution is 5.98. The van der Waals surface area contributed by atoms with Gasteiger partial charge >= 0.3 is 0 Å². The van der Waals surface area contributed by atoms with E-state index >= 15 is 0 Å². The topological polar surface area (TPSA) is 50.4 Å². The first-order chi connectivity index (χ1) is 5.13. The normalized spacial score (nSPS) is 13.9. The summed E-state index contributed by atoms with van der Waals surface area (Å²) in [7, 11) is 1.74. The summed E-state index contributed by atoms with van der Waals surface area (Å²) in [4.78, 5) is 4.00. The van der Waals surface area contributed by atoms with Crippen LogP contribution in [-0.4, -0.2) is 12.8 Å². The molecule has 3 N–H and O–H groups in total. The van der Waals surface area contributed by atoms with E-state index in [1.165, 1.54) is 0 Å². The van der Waals surface area contributed by atoms with Gasteiger partial charge in [-0.25, -0.2) is 0 Å². The van der Waals surface area contributed by atoms with Crippen LogP contribution in [0.1, 0.15) is 13.8 Å². The Morgan fingerprint density at radius 2 is 2.09 bits per heavy atom. The van der Waals surface area contributed by atoms with Crippen molar-refractivity contribution in [3.63, 3.8) is 0 Å². The number of nitrogens with two attached hydrogens (primary N) is 1. The highest BCUT2D eigenvalue weighted by Crippen LogP contribution is 1.97. The fourth-order valence-corrected chi connectivity index (χ4v) is 0.581. The minimum atomic E-state index is 0.600. The molecule has 0 fully saturated rings. The average molecular weight is 153 g/mol. The lowest BCUT2D eigenvalue weighted by Gasteiger charge is -2.05. The molecular weight excluding hydrogens is 138 g/mol. The first kappa shape index (κ1) is 9.75. The molecule has 0 heterocycles. The smallest absolute Gasteiger partial charge is 0.105 e. The first-order valence-electron chi connectivity index (χ1n) is 3.41. The zero-order valence-corrected chi connectivity index (χ0v) is 7.31. The molecule has 0 aromatic carbocycles. The van der Waals surface area contributed by atoms with Gasteiger partial charge in [0, 0.05) is 18.3 Å². The van der Waals surface area contributed by atoms with Crippen molar-refractivity contribution in [1.82, 2.24) is 5.32 Å². The van der Waals surface area contributed by atoms with Crippen LogP contribution in [-0.2, 0) is 0 Å². The standard InChI is InChI=1S/C8H15N3/c1-5-11-8(9)6(2)7(3)10-4/h5,11H,1,9H2,2-4H3/b8-6+,10-7+. The minimum Gasteiger partial charge on any atom is -0.385 e. The van der Waals surface area contributed by atoms with Gasteiger partial charge in [0.1, 0.15) is 5.82 Å². The van der Waals surface area contributed by atoms with Crippen LogP contribution < -0.4 is 11.1 Å². The number of hydrogen-bond donors (Lipinski definition) is 2. The lowest BCUT2D eigenvalue weighted by Crippen LogP contribution is -2.18. The van der Waals surface area contributed by atoms with Gasteiger partial charge in [0.25, 0.3) is 0 Å². The average Bonchev–Trinajstić information content (AvgIpc) is 2.02. The molecule has 0 aromatic heterocycles. The van der Waals surface area contributed by atoms with Crippen LogP contribution in [0.15, 0.2) is 29.2 Å². The molecule has 0 amide bonds. The van der Waals surface area contributed by atoms with E-state index in [0.29, 0.717) is 5.82 Å². The van der Waals surface area contributed by atoms with Gasteiger partial charge in [-0.3, -0.25) is 4.99 Å². The molecule has 0 aliphatic heterocycles. The Balaban J connectivity index is 4.51. The Bertz CT molecular complexity index is 201. The van der Waals surface area contributed by atoms with Crippen LogP contribution in [0, 0.1) is 0 Å². The third-order valence-electron chi connectivity index (χ3n) is 1.54. The second-order valence-electron chi connectivity index (χ2n) is 2.20. The fourth-order valence-electron chi connectivity index (χ4n) is 0.581. The van der Waals surface area contributed by atoms with Gasteiger partial charge in [0.15, 0.2) is 0 Å². The maximum absolute atomic E-state index is 5.62. The van der Waals surface area contributed by atoms with Gasteiger partial charge in [-0.15, -0.1) is 0 Å². The van der Waals surface area contributed by atoms with Crippen molar-refractivity contribution in [2.24, 2.45) is 10.7 Å². The van der Waals surface area contributed by atoms with Crippen LogP contribution in [0.5, 0.6) is 0 Å². The number of aliphatic imine (C=N–C) groups is 1. The van der Waals surface area contributed by atoms with Gasteiger partial charge in [-0.1, -0.05) is 6.58 Å². The Labute approximate surface area is 67.7 Å².